The Morgan fingerprint density at radius 3 is 2.20 bits per heavy atom. The Hall–Kier alpha value is -2.08. The van der Waals surface area contributed by atoms with Crippen molar-refractivity contribution in [2.75, 3.05) is 13.2 Å². The maximum atomic E-state index is 12.0. The van der Waals surface area contributed by atoms with Crippen molar-refractivity contribution in [1.82, 2.24) is 0 Å². The fourth-order valence-electron chi connectivity index (χ4n) is 3.22. The van der Waals surface area contributed by atoms with E-state index in [0.717, 1.165) is 37.8 Å². The molecule has 0 spiro atoms. The highest BCUT2D eigenvalue weighted by atomic mass is 35.5. The molecule has 1 heterocycles. The number of carbonyl (C=O) groups excluding carboxylic acids is 2. The number of hydrogen-bond acceptors (Lipinski definition) is 6. The molecule has 0 amide bonds. The van der Waals surface area contributed by atoms with E-state index in [2.05, 4.69) is 5.16 Å². The van der Waals surface area contributed by atoms with Gasteiger partial charge >= 0.3 is 11.9 Å². The minimum absolute atomic E-state index is 0.133. The quantitative estimate of drug-likeness (QED) is 0.335. The first-order valence-electron chi connectivity index (χ1n) is 10.9. The van der Waals surface area contributed by atoms with E-state index in [1.807, 2.05) is 0 Å². The lowest BCUT2D eigenvalue weighted by Crippen LogP contribution is -2.14. The molecule has 0 unspecified atom stereocenters. The van der Waals surface area contributed by atoms with Crippen molar-refractivity contribution in [1.29, 1.82) is 0 Å². The summed E-state index contributed by atoms with van der Waals surface area (Å²) in [6.45, 7) is 0.140. The SMILES string of the molecule is O=C1CCCCCCCCCC/C(=N/OC(=O)COc2ccc(Cl)cc2)CCCO1. The fraction of sp³-hybridized carbons (Fsp3) is 0.609. The summed E-state index contributed by atoms with van der Waals surface area (Å²) >= 11 is 5.82. The Morgan fingerprint density at radius 1 is 0.900 bits per heavy atom. The van der Waals surface area contributed by atoms with Gasteiger partial charge in [-0.1, -0.05) is 55.3 Å². The van der Waals surface area contributed by atoms with Gasteiger partial charge in [-0.2, -0.15) is 0 Å². The van der Waals surface area contributed by atoms with Crippen LogP contribution in [0, 0.1) is 0 Å². The monoisotopic (exact) mass is 437 g/mol. The number of carbonyl (C=O) groups is 2. The van der Waals surface area contributed by atoms with Crippen LogP contribution in [-0.2, 0) is 19.2 Å². The summed E-state index contributed by atoms with van der Waals surface area (Å²) < 4.78 is 10.7. The van der Waals surface area contributed by atoms with Crippen LogP contribution in [0.4, 0.5) is 0 Å². The third-order valence-electron chi connectivity index (χ3n) is 4.92. The van der Waals surface area contributed by atoms with Gasteiger partial charge in [0.1, 0.15) is 5.75 Å². The summed E-state index contributed by atoms with van der Waals surface area (Å²) in [6, 6.07) is 6.75. The number of benzene rings is 1. The van der Waals surface area contributed by atoms with E-state index in [1.165, 1.54) is 25.7 Å². The first kappa shape index (κ1) is 24.2. The second kappa shape index (κ2) is 14.8. The Kier molecular flexibility index (Phi) is 12.0. The maximum Gasteiger partial charge on any atom is 0.372 e. The van der Waals surface area contributed by atoms with Gasteiger partial charge in [-0.3, -0.25) is 4.79 Å². The molecule has 1 aliphatic heterocycles. The average molecular weight is 438 g/mol. The highest BCUT2D eigenvalue weighted by molar-refractivity contribution is 6.30. The molecule has 6 nitrogen and oxygen atoms in total. The van der Waals surface area contributed by atoms with Gasteiger partial charge in [0.15, 0.2) is 6.61 Å². The van der Waals surface area contributed by atoms with Crippen LogP contribution < -0.4 is 4.74 Å². The molecule has 30 heavy (non-hydrogen) atoms. The standard InChI is InChI=1S/C23H32ClNO5/c24-19-13-15-21(16-14-19)29-18-23(27)30-25-20-10-7-5-3-1-2-4-6-8-12-22(26)28-17-9-11-20/h13-16H,1-12,17-18H2/b25-20-. The van der Waals surface area contributed by atoms with Gasteiger partial charge in [-0.15, -0.1) is 0 Å². The number of ether oxygens (including phenoxy) is 2. The normalized spacial score (nSPS) is 19.1. The van der Waals surface area contributed by atoms with Crippen LogP contribution in [-0.4, -0.2) is 30.9 Å². The maximum absolute atomic E-state index is 12.0. The van der Waals surface area contributed by atoms with Gasteiger partial charge in [0, 0.05) is 11.4 Å². The second-order valence-electron chi connectivity index (χ2n) is 7.52. The van der Waals surface area contributed by atoms with Gasteiger partial charge in [-0.05, 0) is 56.4 Å². The van der Waals surface area contributed by atoms with Gasteiger partial charge in [0.2, 0.25) is 0 Å². The summed E-state index contributed by atoms with van der Waals surface area (Å²) in [7, 11) is 0. The first-order chi connectivity index (χ1) is 14.6. The van der Waals surface area contributed by atoms with E-state index in [1.54, 1.807) is 24.3 Å². The van der Waals surface area contributed by atoms with Gasteiger partial charge in [0.25, 0.3) is 0 Å². The number of cyclic esters (lactones) is 1. The van der Waals surface area contributed by atoms with Crippen molar-refractivity contribution in [2.45, 2.75) is 77.0 Å². The van der Waals surface area contributed by atoms with Crippen molar-refractivity contribution >= 4 is 29.3 Å². The first-order valence-corrected chi connectivity index (χ1v) is 11.3. The zero-order valence-corrected chi connectivity index (χ0v) is 18.3. The van der Waals surface area contributed by atoms with E-state index in [9.17, 15) is 9.59 Å². The van der Waals surface area contributed by atoms with E-state index in [-0.39, 0.29) is 12.6 Å². The number of rotatable bonds is 4. The van der Waals surface area contributed by atoms with E-state index < -0.39 is 5.97 Å². The molecular formula is C23H32ClNO5. The number of halogens is 1. The van der Waals surface area contributed by atoms with Crippen LogP contribution in [0.1, 0.15) is 77.0 Å². The summed E-state index contributed by atoms with van der Waals surface area (Å²) in [5.74, 6) is -0.155. The summed E-state index contributed by atoms with van der Waals surface area (Å²) in [5.41, 5.74) is 0.818. The number of oxime groups is 1. The van der Waals surface area contributed by atoms with Crippen LogP contribution in [0.15, 0.2) is 29.4 Å². The molecule has 0 aliphatic carbocycles. The Bertz CT molecular complexity index is 675. The van der Waals surface area contributed by atoms with Crippen LogP contribution in [0.2, 0.25) is 5.02 Å². The molecular weight excluding hydrogens is 406 g/mol. The van der Waals surface area contributed by atoms with Crippen LogP contribution in [0.3, 0.4) is 0 Å². The third kappa shape index (κ3) is 11.2. The van der Waals surface area contributed by atoms with Crippen molar-refractivity contribution in [2.24, 2.45) is 5.16 Å². The molecule has 1 aromatic rings. The number of nitrogens with zero attached hydrogens (tertiary/aromatic N) is 1. The molecule has 0 bridgehead atoms. The topological polar surface area (TPSA) is 74.2 Å². The summed E-state index contributed by atoms with van der Waals surface area (Å²) in [4.78, 5) is 28.7. The molecule has 1 fully saturated rings. The highest BCUT2D eigenvalue weighted by Crippen LogP contribution is 2.16. The van der Waals surface area contributed by atoms with Gasteiger partial charge in [-0.25, -0.2) is 4.79 Å². The molecule has 0 aromatic heterocycles. The van der Waals surface area contributed by atoms with Gasteiger partial charge in [0.05, 0.1) is 12.3 Å². The van der Waals surface area contributed by atoms with Crippen molar-refractivity contribution in [3.05, 3.63) is 29.3 Å². The lowest BCUT2D eigenvalue weighted by molar-refractivity contribution is -0.146. The zero-order chi connectivity index (χ0) is 21.4. The van der Waals surface area contributed by atoms with Crippen LogP contribution >= 0.6 is 11.6 Å². The largest absolute Gasteiger partial charge is 0.482 e. The molecule has 166 valence electrons. The van der Waals surface area contributed by atoms with E-state index in [0.29, 0.717) is 36.6 Å². The van der Waals surface area contributed by atoms with E-state index in [4.69, 9.17) is 25.9 Å². The fourth-order valence-corrected chi connectivity index (χ4v) is 3.35. The third-order valence-corrected chi connectivity index (χ3v) is 5.17. The zero-order valence-electron chi connectivity index (χ0n) is 17.6. The molecule has 0 saturated carbocycles. The number of esters is 1. The predicted molar refractivity (Wildman–Crippen MR) is 117 cm³/mol. The number of hydrogen-bond donors (Lipinski definition) is 0. The Labute approximate surface area is 183 Å². The molecule has 0 radical (unpaired) electrons. The molecule has 1 saturated heterocycles. The minimum atomic E-state index is -0.559. The van der Waals surface area contributed by atoms with Gasteiger partial charge < -0.3 is 14.3 Å². The highest BCUT2D eigenvalue weighted by Gasteiger charge is 2.09. The Balaban J connectivity index is 1.79. The average Bonchev–Trinajstić information content (AvgIpc) is 2.74. The lowest BCUT2D eigenvalue weighted by atomic mass is 10.0. The molecule has 2 rings (SSSR count). The minimum Gasteiger partial charge on any atom is -0.482 e. The Morgan fingerprint density at radius 2 is 1.50 bits per heavy atom. The molecule has 0 atom stereocenters. The molecule has 0 N–H and O–H groups in total. The van der Waals surface area contributed by atoms with Crippen LogP contribution in [0.25, 0.3) is 0 Å². The van der Waals surface area contributed by atoms with Crippen molar-refractivity contribution in [3.63, 3.8) is 0 Å². The predicted octanol–water partition coefficient (Wildman–Crippen LogP) is 5.86. The second-order valence-corrected chi connectivity index (χ2v) is 7.95. The molecule has 7 heteroatoms. The lowest BCUT2D eigenvalue weighted by Gasteiger charge is -2.09. The van der Waals surface area contributed by atoms with Crippen molar-refractivity contribution in [3.8, 4) is 5.75 Å². The van der Waals surface area contributed by atoms with E-state index >= 15 is 0 Å². The smallest absolute Gasteiger partial charge is 0.372 e. The summed E-state index contributed by atoms with van der Waals surface area (Å²) in [6.07, 6.45) is 11.5. The van der Waals surface area contributed by atoms with Crippen LogP contribution in [0.5, 0.6) is 5.75 Å². The molecule has 1 aromatic carbocycles. The molecule has 1 aliphatic rings. The van der Waals surface area contributed by atoms with Crippen molar-refractivity contribution < 1.29 is 23.9 Å². The summed E-state index contributed by atoms with van der Waals surface area (Å²) in [5, 5.41) is 4.66.